The lowest BCUT2D eigenvalue weighted by Crippen LogP contribution is -2.23. The molecule has 0 spiro atoms. The molecule has 0 aliphatic rings. The van der Waals surface area contributed by atoms with Crippen molar-refractivity contribution in [1.82, 2.24) is 20.5 Å². The predicted molar refractivity (Wildman–Crippen MR) is 56.8 cm³/mol. The molecule has 2 N–H and O–H groups in total. The van der Waals surface area contributed by atoms with Crippen molar-refractivity contribution in [2.75, 3.05) is 6.54 Å². The number of hydrogen-bond donors (Lipinski definition) is 2. The van der Waals surface area contributed by atoms with Crippen LogP contribution in [0.3, 0.4) is 0 Å². The number of nitrogens with one attached hydrogen (secondary N) is 2. The third-order valence-electron chi connectivity index (χ3n) is 1.96. The largest absolute Gasteiger partial charge is 0.307 e. The van der Waals surface area contributed by atoms with Crippen LogP contribution in [0.2, 0.25) is 0 Å². The Hall–Kier alpha value is -1.16. The van der Waals surface area contributed by atoms with Gasteiger partial charge in [-0.15, -0.1) is 6.58 Å². The van der Waals surface area contributed by atoms with E-state index in [4.69, 9.17) is 0 Å². The number of rotatable bonds is 6. The normalized spacial score (nSPS) is 12.7. The molecule has 0 saturated carbocycles. The third-order valence-corrected chi connectivity index (χ3v) is 1.96. The molecule has 78 valence electrons. The quantitative estimate of drug-likeness (QED) is 0.679. The highest BCUT2D eigenvalue weighted by Crippen LogP contribution is 2.15. The van der Waals surface area contributed by atoms with Crippen LogP contribution in [0.15, 0.2) is 18.5 Å². The lowest BCUT2D eigenvalue weighted by Gasteiger charge is -2.15. The summed E-state index contributed by atoms with van der Waals surface area (Å²) < 4.78 is 0. The molecule has 14 heavy (non-hydrogen) atoms. The molecule has 4 heteroatoms. The second kappa shape index (κ2) is 5.54. The zero-order valence-corrected chi connectivity index (χ0v) is 8.88. The Kier molecular flexibility index (Phi) is 4.32. The minimum Gasteiger partial charge on any atom is -0.307 e. The molecule has 0 aromatic carbocycles. The smallest absolute Gasteiger partial charge is 0.141 e. The summed E-state index contributed by atoms with van der Waals surface area (Å²) in [6, 6.07) is 0.218. The Morgan fingerprint density at radius 2 is 2.50 bits per heavy atom. The van der Waals surface area contributed by atoms with Gasteiger partial charge >= 0.3 is 0 Å². The molecule has 1 aromatic heterocycles. The molecule has 0 bridgehead atoms. The fourth-order valence-corrected chi connectivity index (χ4v) is 1.32. The average Bonchev–Trinajstić information content (AvgIpc) is 2.64. The highest BCUT2D eigenvalue weighted by atomic mass is 15.2. The molecule has 0 aliphatic carbocycles. The van der Waals surface area contributed by atoms with E-state index in [2.05, 4.69) is 34.0 Å². The summed E-state index contributed by atoms with van der Waals surface area (Å²) in [5.41, 5.74) is 1.15. The van der Waals surface area contributed by atoms with E-state index in [1.165, 1.54) is 6.33 Å². The van der Waals surface area contributed by atoms with Gasteiger partial charge in [-0.25, -0.2) is 4.98 Å². The van der Waals surface area contributed by atoms with Crippen molar-refractivity contribution in [2.24, 2.45) is 0 Å². The molecule has 0 radical (unpaired) electrons. The van der Waals surface area contributed by atoms with E-state index in [0.29, 0.717) is 0 Å². The van der Waals surface area contributed by atoms with Crippen LogP contribution in [-0.2, 0) is 0 Å². The van der Waals surface area contributed by atoms with E-state index in [9.17, 15) is 0 Å². The summed E-state index contributed by atoms with van der Waals surface area (Å²) in [5, 5.41) is 10.1. The molecule has 0 fully saturated rings. The van der Waals surface area contributed by atoms with Crippen molar-refractivity contribution in [3.05, 3.63) is 24.3 Å². The number of nitrogens with zero attached hydrogens (tertiary/aromatic N) is 2. The number of hydrogen-bond acceptors (Lipinski definition) is 3. The Morgan fingerprint density at radius 1 is 1.71 bits per heavy atom. The Morgan fingerprint density at radius 3 is 3.00 bits per heavy atom. The highest BCUT2D eigenvalue weighted by molar-refractivity contribution is 5.00. The summed E-state index contributed by atoms with van der Waals surface area (Å²) in [4.78, 5) is 4.15. The van der Waals surface area contributed by atoms with Crippen LogP contribution in [-0.4, -0.2) is 21.7 Å². The first kappa shape index (κ1) is 10.9. The third kappa shape index (κ3) is 3.30. The Labute approximate surface area is 84.8 Å². The van der Waals surface area contributed by atoms with Gasteiger partial charge in [0, 0.05) is 0 Å². The average molecular weight is 194 g/mol. The second-order valence-corrected chi connectivity index (χ2v) is 3.54. The lowest BCUT2D eigenvalue weighted by atomic mass is 10.1. The topological polar surface area (TPSA) is 53.6 Å². The molecular formula is C10H18N4. The molecule has 0 amide bonds. The standard InChI is InChI=1S/C10H18N4/c1-4-5-11-9(6-8(2)3)10-12-7-13-14-10/h7,9,11H,2,4-6H2,1,3H3,(H,12,13,14). The van der Waals surface area contributed by atoms with Crippen molar-refractivity contribution in [1.29, 1.82) is 0 Å². The number of aromatic amines is 1. The van der Waals surface area contributed by atoms with Crippen molar-refractivity contribution >= 4 is 0 Å². The molecule has 1 atom stereocenters. The fourth-order valence-electron chi connectivity index (χ4n) is 1.32. The van der Waals surface area contributed by atoms with Gasteiger partial charge in [0.2, 0.25) is 0 Å². The van der Waals surface area contributed by atoms with E-state index < -0.39 is 0 Å². The first-order valence-electron chi connectivity index (χ1n) is 4.97. The molecule has 4 nitrogen and oxygen atoms in total. The van der Waals surface area contributed by atoms with Crippen molar-refractivity contribution < 1.29 is 0 Å². The first-order chi connectivity index (χ1) is 6.74. The van der Waals surface area contributed by atoms with Gasteiger partial charge < -0.3 is 5.32 Å². The summed E-state index contributed by atoms with van der Waals surface area (Å²) >= 11 is 0. The van der Waals surface area contributed by atoms with Gasteiger partial charge in [0.25, 0.3) is 0 Å². The molecule has 1 aromatic rings. The van der Waals surface area contributed by atoms with E-state index in [1.807, 2.05) is 6.92 Å². The van der Waals surface area contributed by atoms with Gasteiger partial charge in [-0.1, -0.05) is 12.5 Å². The maximum absolute atomic E-state index is 4.15. The summed E-state index contributed by atoms with van der Waals surface area (Å²) in [7, 11) is 0. The number of aromatic nitrogens is 3. The molecule has 1 unspecified atom stereocenters. The van der Waals surface area contributed by atoms with Gasteiger partial charge in [0.05, 0.1) is 6.04 Å². The maximum Gasteiger partial charge on any atom is 0.141 e. The van der Waals surface area contributed by atoms with Crippen LogP contribution in [0.25, 0.3) is 0 Å². The van der Waals surface area contributed by atoms with Gasteiger partial charge in [0.1, 0.15) is 12.2 Å². The van der Waals surface area contributed by atoms with Crippen LogP contribution in [0.5, 0.6) is 0 Å². The minimum atomic E-state index is 0.218. The number of H-pyrrole nitrogens is 1. The Bertz CT molecular complexity index is 266. The van der Waals surface area contributed by atoms with Crippen LogP contribution in [0.4, 0.5) is 0 Å². The van der Waals surface area contributed by atoms with Crippen molar-refractivity contribution in [3.63, 3.8) is 0 Å². The highest BCUT2D eigenvalue weighted by Gasteiger charge is 2.12. The Balaban J connectivity index is 2.57. The van der Waals surface area contributed by atoms with Gasteiger partial charge in [-0.3, -0.25) is 5.10 Å². The molecule has 1 rings (SSSR count). The van der Waals surface area contributed by atoms with E-state index in [0.717, 1.165) is 30.8 Å². The van der Waals surface area contributed by atoms with E-state index in [-0.39, 0.29) is 6.04 Å². The molecular weight excluding hydrogens is 176 g/mol. The summed E-state index contributed by atoms with van der Waals surface area (Å²) in [6.45, 7) is 9.06. The summed E-state index contributed by atoms with van der Waals surface area (Å²) in [5.74, 6) is 0.890. The van der Waals surface area contributed by atoms with E-state index >= 15 is 0 Å². The van der Waals surface area contributed by atoms with Crippen LogP contribution >= 0.6 is 0 Å². The van der Waals surface area contributed by atoms with Crippen molar-refractivity contribution in [2.45, 2.75) is 32.7 Å². The maximum atomic E-state index is 4.15. The summed E-state index contributed by atoms with van der Waals surface area (Å²) in [6.07, 6.45) is 3.55. The van der Waals surface area contributed by atoms with Gasteiger partial charge in [-0.2, -0.15) is 5.10 Å². The monoisotopic (exact) mass is 194 g/mol. The van der Waals surface area contributed by atoms with Gasteiger partial charge in [-0.05, 0) is 26.3 Å². The van der Waals surface area contributed by atoms with Crippen LogP contribution in [0.1, 0.15) is 38.6 Å². The zero-order valence-electron chi connectivity index (χ0n) is 8.88. The van der Waals surface area contributed by atoms with Crippen LogP contribution in [0, 0.1) is 0 Å². The fraction of sp³-hybridized carbons (Fsp3) is 0.600. The first-order valence-corrected chi connectivity index (χ1v) is 4.97. The minimum absolute atomic E-state index is 0.218. The van der Waals surface area contributed by atoms with Gasteiger partial charge in [0.15, 0.2) is 0 Å². The molecule has 0 aliphatic heterocycles. The second-order valence-electron chi connectivity index (χ2n) is 3.54. The lowest BCUT2D eigenvalue weighted by molar-refractivity contribution is 0.505. The predicted octanol–water partition coefficient (Wildman–Crippen LogP) is 1.81. The van der Waals surface area contributed by atoms with Crippen molar-refractivity contribution in [3.8, 4) is 0 Å². The SMILES string of the molecule is C=C(C)CC(NCCC)c1ncn[nH]1. The zero-order chi connectivity index (χ0) is 10.4. The molecule has 1 heterocycles. The van der Waals surface area contributed by atoms with Crippen LogP contribution < -0.4 is 5.32 Å². The van der Waals surface area contributed by atoms with E-state index in [1.54, 1.807) is 0 Å². The molecule has 0 saturated heterocycles.